The quantitative estimate of drug-likeness (QED) is 0.340. The molecule has 6 nitrogen and oxygen atoms in total. The molecule has 0 saturated carbocycles. The van der Waals surface area contributed by atoms with E-state index >= 15 is 0 Å². The molecule has 0 aliphatic heterocycles. The van der Waals surface area contributed by atoms with Gasteiger partial charge in [-0.2, -0.15) is 0 Å². The molecule has 4 aromatic rings. The van der Waals surface area contributed by atoms with Gasteiger partial charge in [-0.3, -0.25) is 4.79 Å². The maximum absolute atomic E-state index is 13.2. The number of carbonyl (C=O) groups is 1. The number of hydrogen-bond donors (Lipinski definition) is 0. The lowest BCUT2D eigenvalue weighted by atomic mass is 10.0. The fourth-order valence-electron chi connectivity index (χ4n) is 4.87. The van der Waals surface area contributed by atoms with E-state index in [1.165, 1.54) is 0 Å². The molecular weight excluding hydrogens is 406 g/mol. The molecule has 0 saturated heterocycles. The van der Waals surface area contributed by atoms with Gasteiger partial charge in [0.25, 0.3) is 0 Å². The van der Waals surface area contributed by atoms with Crippen LogP contribution in [0.5, 0.6) is 11.5 Å². The smallest absolute Gasteiger partial charge is 0.339 e. The molecule has 0 amide bonds. The summed E-state index contributed by atoms with van der Waals surface area (Å²) < 4.78 is 18.9. The zero-order valence-electron chi connectivity index (χ0n) is 18.7. The van der Waals surface area contributed by atoms with Crippen LogP contribution in [0, 0.1) is 13.8 Å². The molecule has 1 aliphatic carbocycles. The number of carbonyl (C=O) groups excluding carboxylic acids is 1. The highest BCUT2D eigenvalue weighted by atomic mass is 16.5. The number of aryl methyl sites for hydroxylation is 3. The molecule has 0 N–H and O–H groups in total. The minimum absolute atomic E-state index is 0.112. The van der Waals surface area contributed by atoms with Crippen molar-refractivity contribution in [3.05, 3.63) is 68.7 Å². The third-order valence-electron chi connectivity index (χ3n) is 6.68. The molecule has 0 bridgehead atoms. The SMILES string of the molecule is COc1ccc2c(c1)c(C(=O)COc1ccc3c4c(c(=O)oc3c1C)CCC4)c(C)n2C. The Hall–Kier alpha value is -3.54. The minimum atomic E-state index is -0.262. The van der Waals surface area contributed by atoms with Crippen molar-refractivity contribution in [1.29, 1.82) is 0 Å². The van der Waals surface area contributed by atoms with Crippen molar-refractivity contribution in [2.45, 2.75) is 33.1 Å². The molecule has 0 atom stereocenters. The molecule has 5 rings (SSSR count). The maximum Gasteiger partial charge on any atom is 0.339 e. The summed E-state index contributed by atoms with van der Waals surface area (Å²) in [6, 6.07) is 9.51. The van der Waals surface area contributed by atoms with Crippen LogP contribution in [-0.4, -0.2) is 24.1 Å². The lowest BCUT2D eigenvalue weighted by molar-refractivity contribution is 0.0922. The van der Waals surface area contributed by atoms with Crippen molar-refractivity contribution < 1.29 is 18.7 Å². The number of aromatic nitrogens is 1. The van der Waals surface area contributed by atoms with Crippen LogP contribution in [0.4, 0.5) is 0 Å². The van der Waals surface area contributed by atoms with Gasteiger partial charge in [0.1, 0.15) is 17.1 Å². The maximum atomic E-state index is 13.2. The Balaban J connectivity index is 1.48. The number of benzene rings is 2. The van der Waals surface area contributed by atoms with Crippen LogP contribution in [0.1, 0.15) is 39.2 Å². The van der Waals surface area contributed by atoms with E-state index in [1.807, 2.05) is 55.8 Å². The first kappa shape index (κ1) is 20.4. The zero-order chi connectivity index (χ0) is 22.6. The molecular formula is C26H25NO5. The first-order valence-corrected chi connectivity index (χ1v) is 10.8. The second kappa shape index (κ2) is 7.55. The number of Topliss-reactive ketones (excluding diaryl/α,β-unsaturated/α-hetero) is 1. The van der Waals surface area contributed by atoms with Gasteiger partial charge in [0, 0.05) is 45.7 Å². The fourth-order valence-corrected chi connectivity index (χ4v) is 4.87. The standard InChI is InChI=1S/C26H25NO5/c1-14-23(11-9-18-17-6-5-7-19(17)26(29)32-25(14)18)31-13-22(28)24-15(2)27(3)21-10-8-16(30-4)12-20(21)24/h8-12H,5-7,13H2,1-4H3. The lowest BCUT2D eigenvalue weighted by Crippen LogP contribution is -2.14. The van der Waals surface area contributed by atoms with Gasteiger partial charge in [-0.1, -0.05) is 0 Å². The lowest BCUT2D eigenvalue weighted by Gasteiger charge is -2.12. The Kier molecular flexibility index (Phi) is 4.81. The number of ether oxygens (including phenoxy) is 2. The highest BCUT2D eigenvalue weighted by Gasteiger charge is 2.23. The van der Waals surface area contributed by atoms with E-state index in [1.54, 1.807) is 7.11 Å². The van der Waals surface area contributed by atoms with Crippen LogP contribution in [0.2, 0.25) is 0 Å². The number of nitrogens with zero attached hydrogens (tertiary/aromatic N) is 1. The summed E-state index contributed by atoms with van der Waals surface area (Å²) in [5.41, 5.74) is 5.36. The number of methoxy groups -OCH3 is 1. The summed E-state index contributed by atoms with van der Waals surface area (Å²) in [5.74, 6) is 1.13. The summed E-state index contributed by atoms with van der Waals surface area (Å²) in [6.45, 7) is 3.68. The third-order valence-corrected chi connectivity index (χ3v) is 6.68. The molecule has 164 valence electrons. The number of rotatable bonds is 5. The molecule has 2 aromatic heterocycles. The van der Waals surface area contributed by atoms with Gasteiger partial charge in [0.2, 0.25) is 5.78 Å². The Bertz CT molecular complexity index is 1460. The van der Waals surface area contributed by atoms with Crippen molar-refractivity contribution in [3.63, 3.8) is 0 Å². The fraction of sp³-hybridized carbons (Fsp3) is 0.308. The van der Waals surface area contributed by atoms with Gasteiger partial charge >= 0.3 is 5.63 Å². The van der Waals surface area contributed by atoms with Gasteiger partial charge in [-0.15, -0.1) is 0 Å². The van der Waals surface area contributed by atoms with Gasteiger partial charge in [0.05, 0.1) is 7.11 Å². The van der Waals surface area contributed by atoms with E-state index in [4.69, 9.17) is 13.9 Å². The molecule has 0 unspecified atom stereocenters. The molecule has 6 heteroatoms. The molecule has 0 radical (unpaired) electrons. The first-order chi connectivity index (χ1) is 15.4. The summed E-state index contributed by atoms with van der Waals surface area (Å²) in [5, 5.41) is 1.81. The average Bonchev–Trinajstić information content (AvgIpc) is 3.38. The predicted octanol–water partition coefficient (Wildman–Crippen LogP) is 4.66. The second-order valence-corrected chi connectivity index (χ2v) is 8.38. The van der Waals surface area contributed by atoms with Crippen molar-refractivity contribution in [1.82, 2.24) is 4.57 Å². The van der Waals surface area contributed by atoms with Crippen LogP contribution < -0.4 is 15.1 Å². The topological polar surface area (TPSA) is 70.7 Å². The van der Waals surface area contributed by atoms with Crippen LogP contribution in [0.15, 0.2) is 39.5 Å². The summed E-state index contributed by atoms with van der Waals surface area (Å²) in [4.78, 5) is 25.6. The summed E-state index contributed by atoms with van der Waals surface area (Å²) in [6.07, 6.45) is 2.63. The van der Waals surface area contributed by atoms with Gasteiger partial charge in [-0.25, -0.2) is 4.79 Å². The zero-order valence-corrected chi connectivity index (χ0v) is 18.7. The van der Waals surface area contributed by atoms with Crippen molar-refractivity contribution in [2.24, 2.45) is 7.05 Å². The van der Waals surface area contributed by atoms with E-state index in [-0.39, 0.29) is 18.0 Å². The Morgan fingerprint density at radius 3 is 2.66 bits per heavy atom. The van der Waals surface area contributed by atoms with Crippen molar-refractivity contribution in [3.8, 4) is 11.5 Å². The second-order valence-electron chi connectivity index (χ2n) is 8.38. The van der Waals surface area contributed by atoms with Crippen LogP contribution >= 0.6 is 0 Å². The molecule has 1 aliphatic rings. The van der Waals surface area contributed by atoms with Crippen LogP contribution in [-0.2, 0) is 19.9 Å². The largest absolute Gasteiger partial charge is 0.497 e. The van der Waals surface area contributed by atoms with Crippen molar-refractivity contribution in [2.75, 3.05) is 13.7 Å². The summed E-state index contributed by atoms with van der Waals surface area (Å²) >= 11 is 0. The third kappa shape index (κ3) is 3.01. The van der Waals surface area contributed by atoms with E-state index in [0.717, 1.165) is 57.9 Å². The monoisotopic (exact) mass is 431 g/mol. The highest BCUT2D eigenvalue weighted by molar-refractivity contribution is 6.10. The Morgan fingerprint density at radius 1 is 1.09 bits per heavy atom. The first-order valence-electron chi connectivity index (χ1n) is 10.8. The molecule has 0 spiro atoms. The molecule has 0 fully saturated rings. The normalized spacial score (nSPS) is 13.0. The van der Waals surface area contributed by atoms with E-state index in [2.05, 4.69) is 0 Å². The Morgan fingerprint density at radius 2 is 1.88 bits per heavy atom. The molecule has 2 heterocycles. The number of fused-ring (bicyclic) bond motifs is 4. The predicted molar refractivity (Wildman–Crippen MR) is 123 cm³/mol. The van der Waals surface area contributed by atoms with E-state index in [9.17, 15) is 9.59 Å². The van der Waals surface area contributed by atoms with Crippen LogP contribution in [0.3, 0.4) is 0 Å². The van der Waals surface area contributed by atoms with Gasteiger partial charge in [-0.05, 0) is 69.0 Å². The molecule has 32 heavy (non-hydrogen) atoms. The number of ketones is 1. The highest BCUT2D eigenvalue weighted by Crippen LogP contribution is 2.34. The van der Waals surface area contributed by atoms with E-state index < -0.39 is 0 Å². The average molecular weight is 431 g/mol. The summed E-state index contributed by atoms with van der Waals surface area (Å²) in [7, 11) is 3.55. The molecule has 2 aromatic carbocycles. The van der Waals surface area contributed by atoms with Gasteiger partial charge in [0.15, 0.2) is 6.61 Å². The van der Waals surface area contributed by atoms with E-state index in [0.29, 0.717) is 22.6 Å². The van der Waals surface area contributed by atoms with Crippen molar-refractivity contribution >= 4 is 27.7 Å². The van der Waals surface area contributed by atoms with Crippen LogP contribution in [0.25, 0.3) is 21.9 Å². The minimum Gasteiger partial charge on any atom is -0.497 e. The Labute approximate surface area is 185 Å². The van der Waals surface area contributed by atoms with Gasteiger partial charge < -0.3 is 18.5 Å². The number of hydrogen-bond acceptors (Lipinski definition) is 5.